The molecule has 2 N–H and O–H groups in total. The molecule has 0 spiro atoms. The molecule has 1 aromatic heterocycles. The van der Waals surface area contributed by atoms with Crippen molar-refractivity contribution in [2.24, 2.45) is 0 Å². The van der Waals surface area contributed by atoms with Crippen LogP contribution in [0, 0.1) is 13.8 Å². The maximum Gasteiger partial charge on any atom is 0.294 e. The van der Waals surface area contributed by atoms with E-state index in [0.29, 0.717) is 27.2 Å². The number of phenols is 1. The van der Waals surface area contributed by atoms with E-state index in [4.69, 9.17) is 16.0 Å². The van der Waals surface area contributed by atoms with Crippen LogP contribution in [0.5, 0.6) is 5.75 Å². The topological polar surface area (TPSA) is 91.0 Å². The fourth-order valence-electron chi connectivity index (χ4n) is 4.42. The van der Waals surface area contributed by atoms with E-state index in [2.05, 4.69) is 0 Å². The summed E-state index contributed by atoms with van der Waals surface area (Å²) in [6.07, 6.45) is 0. The zero-order valence-electron chi connectivity index (χ0n) is 18.4. The van der Waals surface area contributed by atoms with Crippen molar-refractivity contribution in [2.45, 2.75) is 19.9 Å². The number of aryl methyl sites for hydroxylation is 2. The van der Waals surface area contributed by atoms with Gasteiger partial charge in [0.1, 0.15) is 11.3 Å². The lowest BCUT2D eigenvalue weighted by atomic mass is 9.94. The van der Waals surface area contributed by atoms with Crippen LogP contribution in [0.1, 0.15) is 33.3 Å². The number of Topliss-reactive ketones (excluding diaryl/α,β-unsaturated/α-hetero) is 1. The predicted octanol–water partition coefficient (Wildman–Crippen LogP) is 6.19. The van der Waals surface area contributed by atoms with E-state index in [1.807, 2.05) is 32.0 Å². The van der Waals surface area contributed by atoms with E-state index in [9.17, 15) is 19.8 Å². The molecular formula is C27H20ClNO5. The fourth-order valence-corrected chi connectivity index (χ4v) is 4.60. The molecule has 0 fully saturated rings. The minimum absolute atomic E-state index is 0.0160. The van der Waals surface area contributed by atoms with E-state index in [1.54, 1.807) is 36.4 Å². The minimum Gasteiger partial charge on any atom is -0.508 e. The van der Waals surface area contributed by atoms with Crippen molar-refractivity contribution >= 4 is 39.9 Å². The molecule has 7 heteroatoms. The molecule has 4 aromatic rings. The number of fused-ring (bicyclic) bond motifs is 1. The fraction of sp³-hybridized carbons (Fsp3) is 0.111. The molecule has 3 aromatic carbocycles. The van der Waals surface area contributed by atoms with E-state index in [0.717, 1.165) is 11.1 Å². The third kappa shape index (κ3) is 3.62. The Kier molecular flexibility index (Phi) is 5.18. The summed E-state index contributed by atoms with van der Waals surface area (Å²) >= 11 is 6.06. The Labute approximate surface area is 200 Å². The smallest absolute Gasteiger partial charge is 0.294 e. The molecule has 1 amide bonds. The number of rotatable bonds is 4. The number of aliphatic hydroxyl groups is 1. The molecule has 0 saturated carbocycles. The highest BCUT2D eigenvalue weighted by Gasteiger charge is 2.45. The maximum atomic E-state index is 13.6. The van der Waals surface area contributed by atoms with Crippen LogP contribution < -0.4 is 4.90 Å². The maximum absolute atomic E-state index is 13.6. The number of phenolic OH excluding ortho intramolecular Hbond substituents is 1. The van der Waals surface area contributed by atoms with Crippen molar-refractivity contribution in [1.29, 1.82) is 0 Å². The quantitative estimate of drug-likeness (QED) is 0.345. The highest BCUT2D eigenvalue weighted by atomic mass is 35.5. The van der Waals surface area contributed by atoms with Gasteiger partial charge in [-0.25, -0.2) is 0 Å². The van der Waals surface area contributed by atoms with Crippen LogP contribution in [0.25, 0.3) is 11.0 Å². The van der Waals surface area contributed by atoms with Gasteiger partial charge in [0.25, 0.3) is 5.91 Å². The van der Waals surface area contributed by atoms with E-state index < -0.39 is 23.5 Å². The van der Waals surface area contributed by atoms with Gasteiger partial charge in [0, 0.05) is 16.1 Å². The molecule has 1 atom stereocenters. The molecule has 0 bridgehead atoms. The van der Waals surface area contributed by atoms with Gasteiger partial charge >= 0.3 is 0 Å². The largest absolute Gasteiger partial charge is 0.508 e. The third-order valence-electron chi connectivity index (χ3n) is 5.85. The second kappa shape index (κ2) is 8.08. The van der Waals surface area contributed by atoms with Gasteiger partial charge in [0.05, 0.1) is 11.6 Å². The lowest BCUT2D eigenvalue weighted by Gasteiger charge is -2.27. The van der Waals surface area contributed by atoms with Crippen molar-refractivity contribution in [2.75, 3.05) is 4.90 Å². The zero-order chi connectivity index (χ0) is 24.1. The summed E-state index contributed by atoms with van der Waals surface area (Å²) in [5, 5.41) is 21.8. The van der Waals surface area contributed by atoms with Gasteiger partial charge < -0.3 is 14.6 Å². The van der Waals surface area contributed by atoms with Gasteiger partial charge in [-0.2, -0.15) is 0 Å². The number of hydrogen-bond donors (Lipinski definition) is 2. The summed E-state index contributed by atoms with van der Waals surface area (Å²) in [5.74, 6) is -1.91. The van der Waals surface area contributed by atoms with Crippen molar-refractivity contribution in [1.82, 2.24) is 0 Å². The Morgan fingerprint density at radius 1 is 0.941 bits per heavy atom. The summed E-state index contributed by atoms with van der Waals surface area (Å²) in [6, 6.07) is 17.4. The molecule has 34 heavy (non-hydrogen) atoms. The Balaban J connectivity index is 1.67. The van der Waals surface area contributed by atoms with Crippen LogP contribution in [0.3, 0.4) is 0 Å². The second-order valence-corrected chi connectivity index (χ2v) is 8.84. The average molecular weight is 474 g/mol. The van der Waals surface area contributed by atoms with Gasteiger partial charge in [-0.1, -0.05) is 29.8 Å². The van der Waals surface area contributed by atoms with Gasteiger partial charge in [0.15, 0.2) is 11.5 Å². The molecule has 2 heterocycles. The van der Waals surface area contributed by atoms with Gasteiger partial charge in [-0.3, -0.25) is 14.5 Å². The summed E-state index contributed by atoms with van der Waals surface area (Å²) in [5.41, 5.74) is 3.33. The second-order valence-electron chi connectivity index (χ2n) is 8.40. The van der Waals surface area contributed by atoms with E-state index in [1.165, 1.54) is 17.0 Å². The average Bonchev–Trinajstić information content (AvgIpc) is 3.32. The standard InChI is InChI=1S/C27H20ClNO5/c1-14-9-15(2)11-19(10-14)29-24(16-3-6-20(30)7-4-16)23(26(32)27(29)33)25(31)22-13-17-12-18(28)5-8-21(17)34-22/h3-13,24,30,32H,1-2H3. The van der Waals surface area contributed by atoms with Crippen LogP contribution in [0.4, 0.5) is 5.69 Å². The number of ketones is 1. The first kappa shape index (κ1) is 21.8. The Bertz CT molecular complexity index is 1480. The summed E-state index contributed by atoms with van der Waals surface area (Å²) < 4.78 is 5.74. The first-order chi connectivity index (χ1) is 16.2. The van der Waals surface area contributed by atoms with Crippen LogP contribution >= 0.6 is 11.6 Å². The highest BCUT2D eigenvalue weighted by Crippen LogP contribution is 2.43. The summed E-state index contributed by atoms with van der Waals surface area (Å²) in [7, 11) is 0. The summed E-state index contributed by atoms with van der Waals surface area (Å²) in [4.78, 5) is 28.4. The van der Waals surface area contributed by atoms with Crippen LogP contribution in [0.15, 0.2) is 82.5 Å². The minimum atomic E-state index is -0.918. The van der Waals surface area contributed by atoms with Gasteiger partial charge in [0.2, 0.25) is 5.78 Å². The molecule has 0 aliphatic carbocycles. The first-order valence-corrected chi connectivity index (χ1v) is 11.0. The molecule has 0 saturated heterocycles. The predicted molar refractivity (Wildman–Crippen MR) is 129 cm³/mol. The molecule has 1 aliphatic heterocycles. The Morgan fingerprint density at radius 2 is 1.62 bits per heavy atom. The Morgan fingerprint density at radius 3 is 2.29 bits per heavy atom. The first-order valence-electron chi connectivity index (χ1n) is 10.6. The number of carbonyl (C=O) groups excluding carboxylic acids is 2. The third-order valence-corrected chi connectivity index (χ3v) is 6.08. The molecule has 170 valence electrons. The molecule has 0 radical (unpaired) electrons. The normalized spacial score (nSPS) is 16.0. The summed E-state index contributed by atoms with van der Waals surface area (Å²) in [6.45, 7) is 3.82. The number of anilines is 1. The number of halogens is 1. The molecule has 6 nitrogen and oxygen atoms in total. The molecule has 1 unspecified atom stereocenters. The van der Waals surface area contributed by atoms with Crippen molar-refractivity contribution in [3.8, 4) is 5.75 Å². The van der Waals surface area contributed by atoms with Crippen LogP contribution in [-0.4, -0.2) is 21.9 Å². The Hall–Kier alpha value is -4.03. The zero-order valence-corrected chi connectivity index (χ0v) is 19.1. The highest BCUT2D eigenvalue weighted by molar-refractivity contribution is 6.31. The SMILES string of the molecule is Cc1cc(C)cc(N2C(=O)C(O)=C(C(=O)c3cc4cc(Cl)ccc4o3)C2c2ccc(O)cc2)c1. The number of hydrogen-bond acceptors (Lipinski definition) is 5. The lowest BCUT2D eigenvalue weighted by molar-refractivity contribution is -0.117. The van der Waals surface area contributed by atoms with Crippen molar-refractivity contribution in [3.05, 3.63) is 106 Å². The van der Waals surface area contributed by atoms with Crippen molar-refractivity contribution in [3.63, 3.8) is 0 Å². The lowest BCUT2D eigenvalue weighted by Crippen LogP contribution is -2.31. The van der Waals surface area contributed by atoms with Crippen LogP contribution in [-0.2, 0) is 4.79 Å². The molecule has 1 aliphatic rings. The van der Waals surface area contributed by atoms with E-state index in [-0.39, 0.29) is 17.1 Å². The van der Waals surface area contributed by atoms with Gasteiger partial charge in [-0.05, 0) is 79.1 Å². The molecule has 5 rings (SSSR count). The number of aromatic hydroxyl groups is 1. The number of aliphatic hydroxyl groups excluding tert-OH is 1. The number of nitrogens with zero attached hydrogens (tertiary/aromatic N) is 1. The van der Waals surface area contributed by atoms with Crippen LogP contribution in [0.2, 0.25) is 5.02 Å². The number of carbonyl (C=O) groups is 2. The number of amides is 1. The van der Waals surface area contributed by atoms with E-state index >= 15 is 0 Å². The number of benzene rings is 3. The number of furan rings is 1. The van der Waals surface area contributed by atoms with Gasteiger partial charge in [-0.15, -0.1) is 0 Å². The molecular weight excluding hydrogens is 454 g/mol. The monoisotopic (exact) mass is 473 g/mol. The van der Waals surface area contributed by atoms with Crippen molar-refractivity contribution < 1.29 is 24.2 Å².